The summed E-state index contributed by atoms with van der Waals surface area (Å²) in [6, 6.07) is 3.32. The van der Waals surface area contributed by atoms with Crippen LogP contribution in [0.25, 0.3) is 26.4 Å². The van der Waals surface area contributed by atoms with Crippen molar-refractivity contribution < 1.29 is 8.78 Å². The molecule has 0 spiro atoms. The minimum atomic E-state index is -2.61. The number of imidazole rings is 1. The Bertz CT molecular complexity index is 1210. The van der Waals surface area contributed by atoms with Crippen LogP contribution in [0.4, 0.5) is 8.78 Å². The maximum Gasteiger partial charge on any atom is 0.267 e. The molecule has 5 rings (SSSR count). The molecule has 4 heterocycles. The normalized spacial score (nSPS) is 15.6. The van der Waals surface area contributed by atoms with Crippen LogP contribution >= 0.6 is 11.3 Å². The third kappa shape index (κ3) is 3.19. The third-order valence-corrected chi connectivity index (χ3v) is 6.60. The number of nitriles is 1. The van der Waals surface area contributed by atoms with Crippen LogP contribution < -0.4 is 0 Å². The number of hydrogen-bond donors (Lipinski definition) is 0. The zero-order chi connectivity index (χ0) is 20.1. The van der Waals surface area contributed by atoms with E-state index in [0.717, 1.165) is 36.1 Å². The van der Waals surface area contributed by atoms with Crippen molar-refractivity contribution >= 4 is 33.9 Å². The fourth-order valence-corrected chi connectivity index (χ4v) is 5.00. The first-order valence-electron chi connectivity index (χ1n) is 9.53. The number of fused-ring (bicyclic) bond motifs is 2. The van der Waals surface area contributed by atoms with Crippen LogP contribution in [-0.2, 0) is 7.05 Å². The molecule has 0 saturated carbocycles. The van der Waals surface area contributed by atoms with E-state index < -0.39 is 6.43 Å². The van der Waals surface area contributed by atoms with Gasteiger partial charge in [-0.05, 0) is 12.1 Å². The Morgan fingerprint density at radius 2 is 2.03 bits per heavy atom. The summed E-state index contributed by atoms with van der Waals surface area (Å²) in [5, 5.41) is 19.1. The molecule has 0 aliphatic carbocycles. The van der Waals surface area contributed by atoms with Gasteiger partial charge in [0.05, 0.1) is 11.9 Å². The van der Waals surface area contributed by atoms with E-state index in [0.29, 0.717) is 27.4 Å². The molecule has 6 nitrogen and oxygen atoms in total. The van der Waals surface area contributed by atoms with Crippen molar-refractivity contribution in [3.8, 4) is 16.5 Å². The van der Waals surface area contributed by atoms with Gasteiger partial charge in [-0.2, -0.15) is 10.2 Å². The van der Waals surface area contributed by atoms with Crippen LogP contribution in [0.2, 0.25) is 12.6 Å². The molecule has 146 valence electrons. The zero-order valence-electron chi connectivity index (χ0n) is 15.7. The SMILES string of the molecule is Cn1cc2cc(-c3nn4cc(C5CCB(C#N)CC5)nc4s3)cc(C(F)F)c2n1. The number of hydrogen-bond acceptors (Lipinski definition) is 5. The monoisotopic (exact) mass is 410 g/mol. The highest BCUT2D eigenvalue weighted by molar-refractivity contribution is 7.19. The van der Waals surface area contributed by atoms with E-state index in [1.165, 1.54) is 17.4 Å². The van der Waals surface area contributed by atoms with Gasteiger partial charge in [0.1, 0.15) is 10.5 Å². The molecule has 29 heavy (non-hydrogen) atoms. The molecule has 0 bridgehead atoms. The highest BCUT2D eigenvalue weighted by Gasteiger charge is 2.27. The second-order valence-electron chi connectivity index (χ2n) is 7.58. The second kappa shape index (κ2) is 6.92. The predicted molar refractivity (Wildman–Crippen MR) is 108 cm³/mol. The van der Waals surface area contributed by atoms with Gasteiger partial charge in [0.2, 0.25) is 4.96 Å². The fraction of sp³-hybridized carbons (Fsp3) is 0.368. The average molecular weight is 410 g/mol. The Labute approximate surface area is 169 Å². The molecule has 0 radical (unpaired) electrons. The predicted octanol–water partition coefficient (Wildman–Crippen LogP) is 4.72. The molecule has 3 aromatic heterocycles. The maximum atomic E-state index is 13.6. The van der Waals surface area contributed by atoms with Crippen LogP contribution in [0.1, 0.15) is 36.4 Å². The van der Waals surface area contributed by atoms with Gasteiger partial charge < -0.3 is 0 Å². The molecule has 4 aromatic rings. The summed E-state index contributed by atoms with van der Waals surface area (Å²) in [6.07, 6.45) is 4.81. The Morgan fingerprint density at radius 1 is 1.24 bits per heavy atom. The summed E-state index contributed by atoms with van der Waals surface area (Å²) in [7, 11) is 1.72. The third-order valence-electron chi connectivity index (χ3n) is 5.62. The highest BCUT2D eigenvalue weighted by Crippen LogP contribution is 2.36. The van der Waals surface area contributed by atoms with E-state index >= 15 is 0 Å². The summed E-state index contributed by atoms with van der Waals surface area (Å²) in [5.41, 5.74) is 1.89. The molecule has 0 atom stereocenters. The minimum Gasteiger partial charge on any atom is -0.275 e. The average Bonchev–Trinajstić information content (AvgIpc) is 3.38. The molecule has 1 aromatic carbocycles. The molecule has 10 heteroatoms. The highest BCUT2D eigenvalue weighted by atomic mass is 32.1. The summed E-state index contributed by atoms with van der Waals surface area (Å²) in [4.78, 5) is 5.48. The van der Waals surface area contributed by atoms with Crippen molar-refractivity contribution in [2.45, 2.75) is 37.8 Å². The molecular formula is C19H17BF2N6S. The van der Waals surface area contributed by atoms with Crippen LogP contribution in [0, 0.1) is 11.2 Å². The van der Waals surface area contributed by atoms with Crippen LogP contribution in [0.15, 0.2) is 24.5 Å². The van der Waals surface area contributed by atoms with Crippen LogP contribution in [-0.4, -0.2) is 31.1 Å². The fourth-order valence-electron chi connectivity index (χ4n) is 4.12. The summed E-state index contributed by atoms with van der Waals surface area (Å²) < 4.78 is 30.4. The van der Waals surface area contributed by atoms with E-state index in [9.17, 15) is 8.78 Å². The Balaban J connectivity index is 1.49. The van der Waals surface area contributed by atoms with Crippen molar-refractivity contribution in [1.82, 2.24) is 24.4 Å². The van der Waals surface area contributed by atoms with Crippen LogP contribution in [0.3, 0.4) is 0 Å². The number of halogens is 2. The van der Waals surface area contributed by atoms with Crippen molar-refractivity contribution in [1.29, 1.82) is 5.26 Å². The van der Waals surface area contributed by atoms with Crippen molar-refractivity contribution in [3.05, 3.63) is 35.8 Å². The lowest BCUT2D eigenvalue weighted by Gasteiger charge is -2.21. The lowest BCUT2D eigenvalue weighted by molar-refractivity contribution is 0.153. The summed E-state index contributed by atoms with van der Waals surface area (Å²) in [5.74, 6) is 2.71. The standard InChI is InChI=1S/C19H17BF2N6S/c1-27-8-13-6-12(7-14(17(21)22)16(13)25-27)18-26-28-9-15(24-19(28)29-18)11-2-4-20(10-23)5-3-11/h6-9,11,17H,2-5H2,1H3. The molecular weight excluding hydrogens is 393 g/mol. The van der Waals surface area contributed by atoms with Gasteiger partial charge in [-0.25, -0.2) is 23.5 Å². The Morgan fingerprint density at radius 3 is 2.72 bits per heavy atom. The van der Waals surface area contributed by atoms with Gasteiger partial charge in [-0.15, -0.1) is 0 Å². The Hall–Kier alpha value is -2.80. The van der Waals surface area contributed by atoms with Gasteiger partial charge in [-0.3, -0.25) is 4.68 Å². The van der Waals surface area contributed by atoms with Crippen LogP contribution in [0.5, 0.6) is 0 Å². The molecule has 0 N–H and O–H groups in total. The van der Waals surface area contributed by atoms with Gasteiger partial charge in [0.25, 0.3) is 13.1 Å². The smallest absolute Gasteiger partial charge is 0.267 e. The van der Waals surface area contributed by atoms with E-state index in [1.807, 2.05) is 12.3 Å². The maximum absolute atomic E-state index is 13.6. The molecule has 1 saturated heterocycles. The minimum absolute atomic E-state index is 0.0825. The van der Waals surface area contributed by atoms with Crippen molar-refractivity contribution in [2.24, 2.45) is 7.05 Å². The summed E-state index contributed by atoms with van der Waals surface area (Å²) in [6.45, 7) is 0.158. The van der Waals surface area contributed by atoms with Crippen molar-refractivity contribution in [2.75, 3.05) is 0 Å². The lowest BCUT2D eigenvalue weighted by Crippen LogP contribution is -2.19. The van der Waals surface area contributed by atoms with Gasteiger partial charge >= 0.3 is 0 Å². The first-order valence-corrected chi connectivity index (χ1v) is 10.3. The van der Waals surface area contributed by atoms with E-state index in [2.05, 4.69) is 16.2 Å². The number of alkyl halides is 2. The molecule has 0 amide bonds. The van der Waals surface area contributed by atoms with E-state index in [1.54, 1.807) is 22.4 Å². The number of benzene rings is 1. The lowest BCUT2D eigenvalue weighted by atomic mass is 9.41. The number of rotatable bonds is 3. The van der Waals surface area contributed by atoms with E-state index in [4.69, 9.17) is 10.2 Å². The first-order chi connectivity index (χ1) is 14.0. The quantitative estimate of drug-likeness (QED) is 0.459. The topological polar surface area (TPSA) is 71.8 Å². The van der Waals surface area contributed by atoms with E-state index in [-0.39, 0.29) is 12.3 Å². The second-order valence-corrected chi connectivity index (χ2v) is 8.54. The first kappa shape index (κ1) is 18.2. The van der Waals surface area contributed by atoms with Gasteiger partial charge in [0, 0.05) is 41.6 Å². The zero-order valence-corrected chi connectivity index (χ0v) is 16.5. The molecule has 1 fully saturated rings. The molecule has 1 aliphatic rings. The Kier molecular flexibility index (Phi) is 4.35. The van der Waals surface area contributed by atoms with Gasteiger partial charge in [-0.1, -0.05) is 36.8 Å². The number of nitrogens with zero attached hydrogens (tertiary/aromatic N) is 6. The number of aryl methyl sites for hydroxylation is 1. The molecule has 0 unspecified atom stereocenters. The number of aromatic nitrogens is 5. The van der Waals surface area contributed by atoms with Crippen molar-refractivity contribution in [3.63, 3.8) is 0 Å². The summed E-state index contributed by atoms with van der Waals surface area (Å²) >= 11 is 1.39. The molecule has 1 aliphatic heterocycles. The largest absolute Gasteiger partial charge is 0.275 e. The van der Waals surface area contributed by atoms with Gasteiger partial charge in [0.15, 0.2) is 0 Å².